The van der Waals surface area contributed by atoms with Crippen LogP contribution in [-0.4, -0.2) is 44.0 Å². The molecule has 1 aromatic rings. The molecule has 1 saturated heterocycles. The van der Waals surface area contributed by atoms with Crippen LogP contribution in [0.15, 0.2) is 29.3 Å². The van der Waals surface area contributed by atoms with Crippen LogP contribution in [0, 0.1) is 12.8 Å². The number of carbonyl (C=O) groups is 1. The minimum absolute atomic E-state index is 0.144. The molecule has 1 aromatic carbocycles. The van der Waals surface area contributed by atoms with Gasteiger partial charge in [0.15, 0.2) is 5.96 Å². The highest BCUT2D eigenvalue weighted by Gasteiger charge is 2.22. The number of piperidine rings is 1. The Labute approximate surface area is 139 Å². The van der Waals surface area contributed by atoms with E-state index in [2.05, 4.69) is 51.7 Å². The number of hydrogen-bond donors (Lipinski definition) is 2. The summed E-state index contributed by atoms with van der Waals surface area (Å²) in [6, 6.07) is 8.55. The molecule has 1 aliphatic heterocycles. The summed E-state index contributed by atoms with van der Waals surface area (Å²) in [5, 5.41) is 6.15. The van der Waals surface area contributed by atoms with Crippen LogP contribution in [0.5, 0.6) is 0 Å². The maximum absolute atomic E-state index is 11.5. The Balaban J connectivity index is 1.81. The lowest BCUT2D eigenvalue weighted by molar-refractivity contribution is -0.121. The first kappa shape index (κ1) is 17.3. The topological polar surface area (TPSA) is 56.7 Å². The van der Waals surface area contributed by atoms with Gasteiger partial charge in [-0.05, 0) is 31.2 Å². The van der Waals surface area contributed by atoms with Gasteiger partial charge in [0.25, 0.3) is 0 Å². The molecule has 0 unspecified atom stereocenters. The van der Waals surface area contributed by atoms with E-state index >= 15 is 0 Å². The number of aliphatic imine (C=N–C) groups is 1. The number of nitrogens with zero attached hydrogens (tertiary/aromatic N) is 2. The minimum Gasteiger partial charge on any atom is -0.359 e. The van der Waals surface area contributed by atoms with Gasteiger partial charge in [-0.15, -0.1) is 0 Å². The highest BCUT2D eigenvalue weighted by atomic mass is 16.1. The quantitative estimate of drug-likeness (QED) is 0.659. The van der Waals surface area contributed by atoms with Crippen LogP contribution in [-0.2, 0) is 11.3 Å². The molecule has 0 atom stereocenters. The van der Waals surface area contributed by atoms with Gasteiger partial charge in [-0.1, -0.05) is 29.8 Å². The van der Waals surface area contributed by atoms with Crippen LogP contribution < -0.4 is 10.6 Å². The predicted octanol–water partition coefficient (Wildman–Crippen LogP) is 1.92. The van der Waals surface area contributed by atoms with Gasteiger partial charge < -0.3 is 15.5 Å². The third kappa shape index (κ3) is 5.27. The second-order valence-electron chi connectivity index (χ2n) is 6.19. The third-order valence-electron chi connectivity index (χ3n) is 4.45. The van der Waals surface area contributed by atoms with E-state index in [9.17, 15) is 4.79 Å². The van der Waals surface area contributed by atoms with E-state index in [0.717, 1.165) is 38.4 Å². The molecule has 23 heavy (non-hydrogen) atoms. The Bertz CT molecular complexity index is 530. The number of benzene rings is 1. The van der Waals surface area contributed by atoms with Gasteiger partial charge in [0.1, 0.15) is 0 Å². The Morgan fingerprint density at radius 2 is 1.91 bits per heavy atom. The Hall–Kier alpha value is -2.04. The van der Waals surface area contributed by atoms with Crippen molar-refractivity contribution in [2.24, 2.45) is 10.9 Å². The molecular weight excluding hydrogens is 288 g/mol. The molecule has 2 rings (SSSR count). The SMILES string of the molecule is CN=C(NCc1ccc(C)cc1)N1CCC(CC(=O)NC)CC1. The smallest absolute Gasteiger partial charge is 0.220 e. The second kappa shape index (κ2) is 8.56. The number of aryl methyl sites for hydroxylation is 1. The summed E-state index contributed by atoms with van der Waals surface area (Å²) < 4.78 is 0. The van der Waals surface area contributed by atoms with Gasteiger partial charge in [-0.25, -0.2) is 0 Å². The zero-order chi connectivity index (χ0) is 16.7. The van der Waals surface area contributed by atoms with Crippen molar-refractivity contribution in [2.45, 2.75) is 32.7 Å². The summed E-state index contributed by atoms with van der Waals surface area (Å²) in [5.41, 5.74) is 2.53. The van der Waals surface area contributed by atoms with Crippen LogP contribution in [0.25, 0.3) is 0 Å². The van der Waals surface area contributed by atoms with Gasteiger partial charge >= 0.3 is 0 Å². The zero-order valence-electron chi connectivity index (χ0n) is 14.4. The summed E-state index contributed by atoms with van der Waals surface area (Å²) in [6.45, 7) is 4.79. The molecule has 0 aromatic heterocycles. The summed E-state index contributed by atoms with van der Waals surface area (Å²) >= 11 is 0. The Kier molecular flexibility index (Phi) is 6.44. The van der Waals surface area contributed by atoms with Crippen molar-refractivity contribution < 1.29 is 4.79 Å². The fraction of sp³-hybridized carbons (Fsp3) is 0.556. The van der Waals surface area contributed by atoms with Crippen LogP contribution in [0.3, 0.4) is 0 Å². The normalized spacial score (nSPS) is 16.3. The molecule has 5 nitrogen and oxygen atoms in total. The van der Waals surface area contributed by atoms with Gasteiger partial charge in [0, 0.05) is 40.2 Å². The van der Waals surface area contributed by atoms with Crippen molar-refractivity contribution in [2.75, 3.05) is 27.2 Å². The van der Waals surface area contributed by atoms with Crippen LogP contribution in [0.2, 0.25) is 0 Å². The van der Waals surface area contributed by atoms with E-state index < -0.39 is 0 Å². The highest BCUT2D eigenvalue weighted by Crippen LogP contribution is 2.20. The molecule has 0 aliphatic carbocycles. The maximum Gasteiger partial charge on any atom is 0.220 e. The largest absolute Gasteiger partial charge is 0.359 e. The Morgan fingerprint density at radius 3 is 2.48 bits per heavy atom. The van der Waals surface area contributed by atoms with E-state index in [4.69, 9.17) is 0 Å². The van der Waals surface area contributed by atoms with Gasteiger partial charge in [0.05, 0.1) is 0 Å². The lowest BCUT2D eigenvalue weighted by Gasteiger charge is -2.34. The van der Waals surface area contributed by atoms with Crippen molar-refractivity contribution in [3.05, 3.63) is 35.4 Å². The van der Waals surface area contributed by atoms with E-state index in [1.807, 2.05) is 7.05 Å². The molecule has 1 amide bonds. The Morgan fingerprint density at radius 1 is 1.26 bits per heavy atom. The summed E-state index contributed by atoms with van der Waals surface area (Å²) in [4.78, 5) is 18.2. The number of likely N-dealkylation sites (tertiary alicyclic amines) is 1. The first-order valence-corrected chi connectivity index (χ1v) is 8.34. The molecule has 0 bridgehead atoms. The van der Waals surface area contributed by atoms with E-state index in [1.165, 1.54) is 11.1 Å². The number of hydrogen-bond acceptors (Lipinski definition) is 2. The predicted molar refractivity (Wildman–Crippen MR) is 94.4 cm³/mol. The van der Waals surface area contributed by atoms with E-state index in [0.29, 0.717) is 12.3 Å². The van der Waals surface area contributed by atoms with Crippen molar-refractivity contribution in [3.8, 4) is 0 Å². The lowest BCUT2D eigenvalue weighted by atomic mass is 9.93. The summed E-state index contributed by atoms with van der Waals surface area (Å²) in [6.07, 6.45) is 2.72. The molecule has 0 saturated carbocycles. The molecule has 0 radical (unpaired) electrons. The molecule has 1 fully saturated rings. The van der Waals surface area contributed by atoms with Crippen molar-refractivity contribution in [3.63, 3.8) is 0 Å². The average Bonchev–Trinajstić information content (AvgIpc) is 2.58. The minimum atomic E-state index is 0.144. The highest BCUT2D eigenvalue weighted by molar-refractivity contribution is 5.80. The molecule has 126 valence electrons. The van der Waals surface area contributed by atoms with E-state index in [1.54, 1.807) is 7.05 Å². The fourth-order valence-corrected chi connectivity index (χ4v) is 2.93. The van der Waals surface area contributed by atoms with Gasteiger partial charge in [-0.3, -0.25) is 9.79 Å². The summed E-state index contributed by atoms with van der Waals surface area (Å²) in [5.74, 6) is 1.58. The average molecular weight is 316 g/mol. The monoisotopic (exact) mass is 316 g/mol. The first-order valence-electron chi connectivity index (χ1n) is 8.34. The lowest BCUT2D eigenvalue weighted by Crippen LogP contribution is -2.45. The standard InChI is InChI=1S/C18H28N4O/c1-14-4-6-16(7-5-14)13-21-18(20-3)22-10-8-15(9-11-22)12-17(23)19-2/h4-7,15H,8-13H2,1-3H3,(H,19,23)(H,20,21). The van der Waals surface area contributed by atoms with E-state index in [-0.39, 0.29) is 5.91 Å². The summed E-state index contributed by atoms with van der Waals surface area (Å²) in [7, 11) is 3.53. The second-order valence-corrected chi connectivity index (χ2v) is 6.19. The van der Waals surface area contributed by atoms with Crippen molar-refractivity contribution in [1.82, 2.24) is 15.5 Å². The van der Waals surface area contributed by atoms with Gasteiger partial charge in [-0.2, -0.15) is 0 Å². The zero-order valence-corrected chi connectivity index (χ0v) is 14.4. The number of guanidine groups is 1. The number of rotatable bonds is 4. The fourth-order valence-electron chi connectivity index (χ4n) is 2.93. The van der Waals surface area contributed by atoms with Crippen LogP contribution >= 0.6 is 0 Å². The number of carbonyl (C=O) groups excluding carboxylic acids is 1. The molecule has 0 spiro atoms. The first-order chi connectivity index (χ1) is 11.1. The molecule has 2 N–H and O–H groups in total. The molecule has 5 heteroatoms. The third-order valence-corrected chi connectivity index (χ3v) is 4.45. The number of amides is 1. The van der Waals surface area contributed by atoms with Crippen molar-refractivity contribution in [1.29, 1.82) is 0 Å². The maximum atomic E-state index is 11.5. The molecule has 1 aliphatic rings. The van der Waals surface area contributed by atoms with Gasteiger partial charge in [0.2, 0.25) is 5.91 Å². The van der Waals surface area contributed by atoms with Crippen molar-refractivity contribution >= 4 is 11.9 Å². The molecular formula is C18H28N4O. The molecule has 1 heterocycles. The van der Waals surface area contributed by atoms with Crippen LogP contribution in [0.4, 0.5) is 0 Å². The number of nitrogens with one attached hydrogen (secondary N) is 2. The van der Waals surface area contributed by atoms with Crippen LogP contribution in [0.1, 0.15) is 30.4 Å².